The van der Waals surface area contributed by atoms with E-state index in [-0.39, 0.29) is 29.8 Å². The van der Waals surface area contributed by atoms with Crippen LogP contribution in [-0.2, 0) is 16.6 Å². The number of hydrogen-bond donors (Lipinski definition) is 4. The number of likely N-dealkylation sites (tertiary alicyclic amines) is 1. The lowest BCUT2D eigenvalue weighted by atomic mass is 9.48. The van der Waals surface area contributed by atoms with Crippen LogP contribution in [0.25, 0.3) is 0 Å². The van der Waals surface area contributed by atoms with E-state index in [1.165, 1.54) is 0 Å². The van der Waals surface area contributed by atoms with Crippen LogP contribution in [0.2, 0.25) is 0 Å². The Hall–Kier alpha value is -1.44. The highest BCUT2D eigenvalue weighted by Crippen LogP contribution is 2.65. The van der Waals surface area contributed by atoms with E-state index >= 15 is 0 Å². The molecule has 2 aliphatic heterocycles. The minimum atomic E-state index is -0.915. The number of nitrogens with zero attached hydrogens (tertiary/aromatic N) is 1. The van der Waals surface area contributed by atoms with Crippen molar-refractivity contribution in [3.8, 4) is 11.5 Å². The lowest BCUT2D eigenvalue weighted by molar-refractivity contribution is -0.187. The van der Waals surface area contributed by atoms with Gasteiger partial charge in [0.2, 0.25) is 5.91 Å². The normalized spacial score (nSPS) is 38.9. The van der Waals surface area contributed by atoms with E-state index in [0.29, 0.717) is 30.8 Å². The number of nitrogens with one attached hydrogen (secondary N) is 1. The lowest BCUT2D eigenvalue weighted by Crippen LogP contribution is -2.77. The zero-order valence-electron chi connectivity index (χ0n) is 15.4. The van der Waals surface area contributed by atoms with Crippen LogP contribution in [0.3, 0.4) is 0 Å². The van der Waals surface area contributed by atoms with Crippen molar-refractivity contribution in [1.29, 1.82) is 0 Å². The van der Waals surface area contributed by atoms with Crippen molar-refractivity contribution in [1.82, 2.24) is 10.2 Å². The molecule has 3 N–H and O–H groups in total. The maximum absolute atomic E-state index is 12.3. The van der Waals surface area contributed by atoms with E-state index in [1.807, 2.05) is 6.07 Å². The fourth-order valence-corrected chi connectivity index (χ4v) is 6.48. The van der Waals surface area contributed by atoms with Crippen LogP contribution < -0.4 is 10.1 Å². The van der Waals surface area contributed by atoms with Gasteiger partial charge in [-0.2, -0.15) is 12.6 Å². The molecule has 7 heteroatoms. The summed E-state index contributed by atoms with van der Waals surface area (Å²) in [5, 5.41) is 25.6. The number of carbonyl (C=O) groups excluding carboxylic acids is 1. The van der Waals surface area contributed by atoms with Gasteiger partial charge in [0.1, 0.15) is 6.10 Å². The summed E-state index contributed by atoms with van der Waals surface area (Å²) in [4.78, 5) is 14.5. The summed E-state index contributed by atoms with van der Waals surface area (Å²) in [6.07, 6.45) is 2.78. The number of aromatic hydroxyl groups is 1. The van der Waals surface area contributed by atoms with Gasteiger partial charge in [-0.3, -0.25) is 4.79 Å². The molecule has 1 saturated carbocycles. The molecule has 1 aromatic rings. The van der Waals surface area contributed by atoms with Gasteiger partial charge in [0, 0.05) is 18.0 Å². The van der Waals surface area contributed by atoms with Gasteiger partial charge in [-0.15, -0.1) is 0 Å². The summed E-state index contributed by atoms with van der Waals surface area (Å²) in [6.45, 7) is 0.860. The molecular formula is C20H26N2O4S. The first-order valence-electron chi connectivity index (χ1n) is 9.77. The van der Waals surface area contributed by atoms with Gasteiger partial charge in [-0.25, -0.2) is 0 Å². The van der Waals surface area contributed by atoms with E-state index in [4.69, 9.17) is 4.74 Å². The molecule has 0 aromatic heterocycles. The third-order valence-corrected chi connectivity index (χ3v) is 7.64. The number of hydrogen-bond acceptors (Lipinski definition) is 6. The third-order valence-electron chi connectivity index (χ3n) is 7.41. The zero-order chi connectivity index (χ0) is 19.0. The molecule has 27 heavy (non-hydrogen) atoms. The maximum Gasteiger partial charge on any atom is 0.221 e. The van der Waals surface area contributed by atoms with Crippen molar-refractivity contribution in [2.24, 2.45) is 0 Å². The summed E-state index contributed by atoms with van der Waals surface area (Å²) in [7, 11) is 2.08. The van der Waals surface area contributed by atoms with E-state index < -0.39 is 11.0 Å². The summed E-state index contributed by atoms with van der Waals surface area (Å²) in [5.41, 5.74) is 0.631. The van der Waals surface area contributed by atoms with E-state index in [2.05, 4.69) is 29.9 Å². The van der Waals surface area contributed by atoms with Crippen LogP contribution in [0.15, 0.2) is 12.1 Å². The second-order valence-corrected chi connectivity index (χ2v) is 8.97. The number of rotatable bonds is 3. The van der Waals surface area contributed by atoms with Crippen LogP contribution in [0.5, 0.6) is 11.5 Å². The summed E-state index contributed by atoms with van der Waals surface area (Å²) in [6, 6.07) is 3.50. The first kappa shape index (κ1) is 17.6. The standard InChI is InChI=1S/C20H26N2O4S/c1-22-8-7-19-16-11-2-3-13(23)17(16)26-18(19)12(21-15(24)5-9-27)4-6-20(19,25)14(22)10-11/h2-3,12,14,18,23,25,27H,4-10H2,1H3,(H,21,24)/t12-,14+,18+,19+,20-/m1/s1. The Morgan fingerprint density at radius 2 is 2.26 bits per heavy atom. The van der Waals surface area contributed by atoms with Crippen LogP contribution in [0.4, 0.5) is 0 Å². The number of likely N-dealkylation sites (N-methyl/N-ethyl adjacent to an activating group) is 1. The Bertz CT molecular complexity index is 817. The molecule has 1 saturated heterocycles. The van der Waals surface area contributed by atoms with Gasteiger partial charge in [-0.05, 0) is 56.7 Å². The minimum absolute atomic E-state index is 0.0226. The van der Waals surface area contributed by atoms with Crippen LogP contribution in [-0.4, -0.2) is 64.2 Å². The number of benzene rings is 1. The van der Waals surface area contributed by atoms with E-state index in [9.17, 15) is 15.0 Å². The lowest BCUT2D eigenvalue weighted by Gasteiger charge is -2.63. The molecule has 0 unspecified atom stereocenters. The Labute approximate surface area is 164 Å². The second kappa shape index (κ2) is 5.78. The van der Waals surface area contributed by atoms with Gasteiger partial charge < -0.3 is 25.2 Å². The average molecular weight is 391 g/mol. The van der Waals surface area contributed by atoms with Crippen molar-refractivity contribution < 1.29 is 19.7 Å². The predicted octanol–water partition coefficient (Wildman–Crippen LogP) is 0.981. The number of thiol groups is 1. The van der Waals surface area contributed by atoms with Crippen molar-refractivity contribution in [2.45, 2.75) is 61.3 Å². The Morgan fingerprint density at radius 3 is 3.04 bits per heavy atom. The molecule has 1 aromatic carbocycles. The first-order chi connectivity index (χ1) is 12.9. The number of phenols is 1. The first-order valence-corrected chi connectivity index (χ1v) is 10.4. The summed E-state index contributed by atoms with van der Waals surface area (Å²) in [5.74, 6) is 1.09. The van der Waals surface area contributed by atoms with E-state index in [1.54, 1.807) is 6.07 Å². The topological polar surface area (TPSA) is 82.0 Å². The largest absolute Gasteiger partial charge is 0.504 e. The molecule has 2 fully saturated rings. The monoisotopic (exact) mass is 390 g/mol. The average Bonchev–Trinajstić information content (AvgIpc) is 2.98. The molecule has 2 heterocycles. The molecular weight excluding hydrogens is 364 g/mol. The zero-order valence-corrected chi connectivity index (χ0v) is 16.3. The Kier molecular flexibility index (Phi) is 3.78. The molecule has 2 aliphatic carbocycles. The van der Waals surface area contributed by atoms with Crippen LogP contribution >= 0.6 is 12.6 Å². The highest BCUT2D eigenvalue weighted by Gasteiger charge is 2.72. The SMILES string of the molecule is CN1CC[C@]23c4c5ccc(O)c4O[C@H]2[C@H](NC(=O)CCS)CC[C@@]3(O)[C@@H]1C5. The smallest absolute Gasteiger partial charge is 0.221 e. The Morgan fingerprint density at radius 1 is 1.44 bits per heavy atom. The van der Waals surface area contributed by atoms with Crippen LogP contribution in [0.1, 0.15) is 36.8 Å². The number of amides is 1. The van der Waals surface area contributed by atoms with Crippen LogP contribution in [0, 0.1) is 0 Å². The fourth-order valence-electron chi connectivity index (χ4n) is 6.28. The van der Waals surface area contributed by atoms with Gasteiger partial charge in [-0.1, -0.05) is 6.07 Å². The fraction of sp³-hybridized carbons (Fsp3) is 0.650. The number of piperidine rings is 1. The number of phenolic OH excluding ortho intramolecular Hbond substituents is 1. The molecule has 4 aliphatic rings. The molecule has 146 valence electrons. The van der Waals surface area contributed by atoms with Gasteiger partial charge in [0.05, 0.1) is 17.1 Å². The summed E-state index contributed by atoms with van der Waals surface area (Å²) >= 11 is 4.15. The van der Waals surface area contributed by atoms with Gasteiger partial charge in [0.25, 0.3) is 0 Å². The van der Waals surface area contributed by atoms with Crippen molar-refractivity contribution >= 4 is 18.5 Å². The quantitative estimate of drug-likeness (QED) is 0.579. The Balaban J connectivity index is 1.66. The van der Waals surface area contributed by atoms with Crippen molar-refractivity contribution in [3.63, 3.8) is 0 Å². The minimum Gasteiger partial charge on any atom is -0.504 e. The number of carbonyl (C=O) groups is 1. The maximum atomic E-state index is 12.3. The van der Waals surface area contributed by atoms with E-state index in [0.717, 1.165) is 30.5 Å². The van der Waals surface area contributed by atoms with Gasteiger partial charge in [0.15, 0.2) is 11.5 Å². The molecule has 1 spiro atoms. The molecule has 6 nitrogen and oxygen atoms in total. The predicted molar refractivity (Wildman–Crippen MR) is 104 cm³/mol. The molecule has 5 atom stereocenters. The molecule has 5 rings (SSSR count). The summed E-state index contributed by atoms with van der Waals surface area (Å²) < 4.78 is 6.34. The molecule has 1 amide bonds. The highest BCUT2D eigenvalue weighted by molar-refractivity contribution is 7.80. The number of ether oxygens (including phenoxy) is 1. The molecule has 0 radical (unpaired) electrons. The van der Waals surface area contributed by atoms with Gasteiger partial charge >= 0.3 is 0 Å². The molecule has 2 bridgehead atoms. The van der Waals surface area contributed by atoms with Crippen molar-refractivity contribution in [2.75, 3.05) is 19.3 Å². The third kappa shape index (κ3) is 2.08. The highest BCUT2D eigenvalue weighted by atomic mass is 32.1. The van der Waals surface area contributed by atoms with Crippen molar-refractivity contribution in [3.05, 3.63) is 23.3 Å². The second-order valence-electron chi connectivity index (χ2n) is 8.52. The number of aliphatic hydroxyl groups is 1.